The number of thiazole rings is 1. The summed E-state index contributed by atoms with van der Waals surface area (Å²) in [6.07, 6.45) is 0. The molecule has 0 N–H and O–H groups in total. The minimum absolute atomic E-state index is 0. The van der Waals surface area contributed by atoms with E-state index in [1.54, 1.807) is 11.3 Å². The molecule has 0 aliphatic rings. The van der Waals surface area contributed by atoms with Crippen molar-refractivity contribution in [1.82, 2.24) is 9.88 Å². The quantitative estimate of drug-likeness (QED) is 0.451. The van der Waals surface area contributed by atoms with Crippen LogP contribution in [0.4, 0.5) is 5.13 Å². The van der Waals surface area contributed by atoms with Gasteiger partial charge in [0.2, 0.25) is 0 Å². The van der Waals surface area contributed by atoms with Crippen molar-refractivity contribution >= 4 is 45.0 Å². The van der Waals surface area contributed by atoms with Crippen LogP contribution in [-0.2, 0) is 0 Å². The normalized spacial score (nSPS) is 11.0. The van der Waals surface area contributed by atoms with Crippen LogP contribution in [-0.4, -0.2) is 42.0 Å². The number of aryl methyl sites for hydroxylation is 4. The number of halogens is 1. The maximum atomic E-state index is 13.6. The first-order valence-electron chi connectivity index (χ1n) is 10.3. The predicted octanol–water partition coefficient (Wildman–Crippen LogP) is 5.94. The van der Waals surface area contributed by atoms with Crippen LogP contribution in [0.15, 0.2) is 30.3 Å². The maximum absolute atomic E-state index is 13.6. The zero-order chi connectivity index (χ0) is 21.1. The average Bonchev–Trinajstić information content (AvgIpc) is 3.07. The van der Waals surface area contributed by atoms with Gasteiger partial charge in [0, 0.05) is 18.7 Å². The Balaban J connectivity index is 0.00000320. The molecule has 6 heteroatoms. The van der Waals surface area contributed by atoms with Crippen LogP contribution in [0.3, 0.4) is 0 Å². The van der Waals surface area contributed by atoms with Gasteiger partial charge < -0.3 is 4.90 Å². The molecule has 0 unspecified atom stereocenters. The smallest absolute Gasteiger partial charge is 0.260 e. The van der Waals surface area contributed by atoms with Crippen LogP contribution in [0.25, 0.3) is 10.2 Å². The summed E-state index contributed by atoms with van der Waals surface area (Å²) in [6, 6.07) is 10.3. The van der Waals surface area contributed by atoms with Gasteiger partial charge in [0.25, 0.3) is 5.91 Å². The molecule has 4 nitrogen and oxygen atoms in total. The number of rotatable bonds is 7. The van der Waals surface area contributed by atoms with Gasteiger partial charge in [0.1, 0.15) is 0 Å². The highest BCUT2D eigenvalue weighted by Crippen LogP contribution is 2.32. The summed E-state index contributed by atoms with van der Waals surface area (Å²) in [5, 5.41) is 0.780. The Bertz CT molecular complexity index is 988. The fraction of sp³-hybridized carbons (Fsp3) is 0.417. The largest absolute Gasteiger partial charge is 0.302 e. The van der Waals surface area contributed by atoms with Crippen molar-refractivity contribution in [2.75, 3.05) is 31.1 Å². The molecule has 0 spiro atoms. The van der Waals surface area contributed by atoms with Crippen LogP contribution in [0.5, 0.6) is 0 Å². The fourth-order valence-electron chi connectivity index (χ4n) is 3.55. The molecule has 0 bridgehead atoms. The Hall–Kier alpha value is -1.95. The van der Waals surface area contributed by atoms with Gasteiger partial charge >= 0.3 is 0 Å². The molecule has 0 radical (unpaired) electrons. The number of carbonyl (C=O) groups excluding carboxylic acids is 1. The lowest BCUT2D eigenvalue weighted by molar-refractivity contribution is 0.0983. The van der Waals surface area contributed by atoms with Crippen LogP contribution >= 0.6 is 23.7 Å². The predicted molar refractivity (Wildman–Crippen MR) is 132 cm³/mol. The summed E-state index contributed by atoms with van der Waals surface area (Å²) in [5.74, 6) is 0.0298. The number of amides is 1. The van der Waals surface area contributed by atoms with E-state index in [4.69, 9.17) is 4.98 Å². The van der Waals surface area contributed by atoms with Crippen LogP contribution in [0.1, 0.15) is 46.5 Å². The summed E-state index contributed by atoms with van der Waals surface area (Å²) < 4.78 is 1.13. The van der Waals surface area contributed by atoms with E-state index in [0.29, 0.717) is 6.54 Å². The first kappa shape index (κ1) is 24.3. The van der Waals surface area contributed by atoms with E-state index in [2.05, 4.69) is 57.7 Å². The summed E-state index contributed by atoms with van der Waals surface area (Å²) in [7, 11) is 0. The van der Waals surface area contributed by atoms with Crippen molar-refractivity contribution in [1.29, 1.82) is 0 Å². The highest BCUT2D eigenvalue weighted by molar-refractivity contribution is 7.22. The van der Waals surface area contributed by atoms with E-state index in [0.717, 1.165) is 46.1 Å². The highest BCUT2D eigenvalue weighted by atomic mass is 35.5. The monoisotopic (exact) mass is 445 g/mol. The van der Waals surface area contributed by atoms with Gasteiger partial charge in [-0.05, 0) is 75.7 Å². The van der Waals surface area contributed by atoms with Gasteiger partial charge in [-0.3, -0.25) is 9.69 Å². The minimum atomic E-state index is 0. The topological polar surface area (TPSA) is 36.4 Å². The zero-order valence-corrected chi connectivity index (χ0v) is 20.4. The summed E-state index contributed by atoms with van der Waals surface area (Å²) in [5.41, 5.74) is 6.37. The average molecular weight is 446 g/mol. The summed E-state index contributed by atoms with van der Waals surface area (Å²) in [4.78, 5) is 22.6. The number of fused-ring (bicyclic) bond motifs is 1. The van der Waals surface area contributed by atoms with Crippen LogP contribution < -0.4 is 4.90 Å². The Kier molecular flexibility index (Phi) is 8.42. The number of likely N-dealkylation sites (N-methyl/N-ethyl adjacent to an activating group) is 1. The third kappa shape index (κ3) is 5.20. The molecular weight excluding hydrogens is 414 g/mol. The lowest BCUT2D eigenvalue weighted by Crippen LogP contribution is -2.39. The van der Waals surface area contributed by atoms with Gasteiger partial charge in [-0.1, -0.05) is 42.9 Å². The Morgan fingerprint density at radius 3 is 2.23 bits per heavy atom. The van der Waals surface area contributed by atoms with Gasteiger partial charge in [0.05, 0.1) is 10.2 Å². The van der Waals surface area contributed by atoms with Crippen molar-refractivity contribution in [3.63, 3.8) is 0 Å². The molecule has 1 heterocycles. The molecular formula is C24H32ClN3OS. The number of hydrogen-bond acceptors (Lipinski definition) is 4. The maximum Gasteiger partial charge on any atom is 0.260 e. The van der Waals surface area contributed by atoms with E-state index in [1.807, 2.05) is 24.0 Å². The Morgan fingerprint density at radius 1 is 0.933 bits per heavy atom. The third-order valence-electron chi connectivity index (χ3n) is 5.62. The molecule has 0 aliphatic carbocycles. The lowest BCUT2D eigenvalue weighted by atomic mass is 10.0. The van der Waals surface area contributed by atoms with Gasteiger partial charge in [-0.25, -0.2) is 4.98 Å². The fourth-order valence-corrected chi connectivity index (χ4v) is 4.62. The highest BCUT2D eigenvalue weighted by Gasteiger charge is 2.23. The van der Waals surface area contributed by atoms with Crippen LogP contribution in [0, 0.1) is 27.7 Å². The van der Waals surface area contributed by atoms with Crippen molar-refractivity contribution in [2.45, 2.75) is 41.5 Å². The number of anilines is 1. The first-order valence-corrected chi connectivity index (χ1v) is 11.1. The number of aromatic nitrogens is 1. The summed E-state index contributed by atoms with van der Waals surface area (Å²) >= 11 is 1.60. The Labute approximate surface area is 190 Å². The van der Waals surface area contributed by atoms with Gasteiger partial charge in [0.15, 0.2) is 5.13 Å². The molecule has 0 saturated heterocycles. The first-order chi connectivity index (χ1) is 13.8. The molecule has 0 fully saturated rings. The van der Waals surface area contributed by atoms with E-state index in [9.17, 15) is 4.79 Å². The number of nitrogens with zero attached hydrogens (tertiary/aromatic N) is 3. The van der Waals surface area contributed by atoms with Crippen molar-refractivity contribution in [3.05, 3.63) is 58.1 Å². The molecule has 30 heavy (non-hydrogen) atoms. The molecule has 0 saturated carbocycles. The Morgan fingerprint density at radius 2 is 1.60 bits per heavy atom. The standard InChI is InChI=1S/C24H31N3OS.ClH/c1-7-26(8-2)11-12-27(23(28)20-10-9-16(3)13-19(20)6)24-25-21-14-17(4)18(5)15-22(21)29-24;/h9-10,13-15H,7-8,11-12H2,1-6H3;1H. The van der Waals surface area contributed by atoms with Crippen molar-refractivity contribution in [2.24, 2.45) is 0 Å². The molecule has 0 atom stereocenters. The van der Waals surface area contributed by atoms with Gasteiger partial charge in [-0.15, -0.1) is 12.4 Å². The van der Waals surface area contributed by atoms with E-state index >= 15 is 0 Å². The molecule has 1 aromatic heterocycles. The van der Waals surface area contributed by atoms with E-state index < -0.39 is 0 Å². The molecule has 1 amide bonds. The molecule has 0 aliphatic heterocycles. The van der Waals surface area contributed by atoms with Gasteiger partial charge in [-0.2, -0.15) is 0 Å². The molecule has 2 aromatic carbocycles. The minimum Gasteiger partial charge on any atom is -0.302 e. The molecule has 3 aromatic rings. The SMILES string of the molecule is CCN(CC)CCN(C(=O)c1ccc(C)cc1C)c1nc2cc(C)c(C)cc2s1.Cl. The summed E-state index contributed by atoms with van der Waals surface area (Å²) in [6.45, 7) is 16.0. The number of benzene rings is 2. The van der Waals surface area contributed by atoms with Crippen LogP contribution in [0.2, 0.25) is 0 Å². The molecule has 162 valence electrons. The van der Waals surface area contributed by atoms with E-state index in [1.165, 1.54) is 16.7 Å². The van der Waals surface area contributed by atoms with Crippen molar-refractivity contribution < 1.29 is 4.79 Å². The van der Waals surface area contributed by atoms with E-state index in [-0.39, 0.29) is 18.3 Å². The second-order valence-corrected chi connectivity index (χ2v) is 8.71. The number of carbonyl (C=O) groups is 1. The third-order valence-corrected chi connectivity index (χ3v) is 6.66. The molecule has 3 rings (SSSR count). The second-order valence-electron chi connectivity index (χ2n) is 7.70. The van der Waals surface area contributed by atoms with Crippen molar-refractivity contribution in [3.8, 4) is 0 Å². The second kappa shape index (κ2) is 10.4. The number of hydrogen-bond donors (Lipinski definition) is 0. The zero-order valence-electron chi connectivity index (χ0n) is 18.8. The lowest BCUT2D eigenvalue weighted by Gasteiger charge is -2.25.